The van der Waals surface area contributed by atoms with E-state index >= 15 is 0 Å². The number of aromatic nitrogens is 1. The number of nitrogens with one attached hydrogen (secondary N) is 1. The minimum absolute atomic E-state index is 0.0593. The van der Waals surface area contributed by atoms with Crippen molar-refractivity contribution in [2.24, 2.45) is 11.8 Å². The minimum atomic E-state index is -3.79. The molecule has 32 heavy (non-hydrogen) atoms. The maximum absolute atomic E-state index is 13.4. The van der Waals surface area contributed by atoms with Gasteiger partial charge in [0, 0.05) is 25.0 Å². The summed E-state index contributed by atoms with van der Waals surface area (Å²) >= 11 is 0. The molecule has 3 heterocycles. The average molecular weight is 462 g/mol. The van der Waals surface area contributed by atoms with Crippen LogP contribution in [0.3, 0.4) is 0 Å². The van der Waals surface area contributed by atoms with Crippen LogP contribution in [0.15, 0.2) is 32.2 Å². The molecule has 4 rings (SSSR count). The number of piperidine rings is 1. The molecule has 2 atom stereocenters. The Morgan fingerprint density at radius 3 is 2.62 bits per heavy atom. The van der Waals surface area contributed by atoms with Crippen molar-refractivity contribution in [1.29, 1.82) is 0 Å². The highest BCUT2D eigenvalue weighted by atomic mass is 32.2. The second-order valence-corrected chi connectivity index (χ2v) is 10.7. The molecule has 2 unspecified atom stereocenters. The fourth-order valence-electron chi connectivity index (χ4n) is 4.66. The zero-order chi connectivity index (χ0) is 22.7. The van der Waals surface area contributed by atoms with Gasteiger partial charge in [-0.2, -0.15) is 4.31 Å². The van der Waals surface area contributed by atoms with Gasteiger partial charge in [0.1, 0.15) is 11.5 Å². The van der Waals surface area contributed by atoms with E-state index in [-0.39, 0.29) is 28.5 Å². The minimum Gasteiger partial charge on any atom is -0.465 e. The fraction of sp³-hybridized carbons (Fsp3) is 0.565. The van der Waals surface area contributed by atoms with E-state index in [1.807, 2.05) is 0 Å². The van der Waals surface area contributed by atoms with Crippen LogP contribution in [-0.4, -0.2) is 42.9 Å². The molecule has 1 aliphatic heterocycles. The first-order valence-electron chi connectivity index (χ1n) is 11.3. The molecule has 2 aromatic heterocycles. The Labute approximate surface area is 189 Å². The highest BCUT2D eigenvalue weighted by molar-refractivity contribution is 7.89. The molecular formula is C23H31N3O5S. The number of sulfonamides is 1. The molecule has 2 aliphatic rings. The van der Waals surface area contributed by atoms with Gasteiger partial charge < -0.3 is 14.3 Å². The predicted octanol–water partition coefficient (Wildman–Crippen LogP) is 3.84. The predicted molar refractivity (Wildman–Crippen MR) is 120 cm³/mol. The van der Waals surface area contributed by atoms with E-state index in [9.17, 15) is 13.2 Å². The van der Waals surface area contributed by atoms with Crippen molar-refractivity contribution in [3.05, 3.63) is 35.6 Å². The summed E-state index contributed by atoms with van der Waals surface area (Å²) in [6, 6.07) is 3.75. The third kappa shape index (κ3) is 4.83. The number of rotatable bonds is 6. The van der Waals surface area contributed by atoms with Gasteiger partial charge in [0.05, 0.1) is 6.26 Å². The van der Waals surface area contributed by atoms with Crippen molar-refractivity contribution >= 4 is 28.1 Å². The molecule has 0 radical (unpaired) electrons. The molecule has 1 amide bonds. The lowest BCUT2D eigenvalue weighted by Gasteiger charge is -2.34. The molecule has 2 fully saturated rings. The van der Waals surface area contributed by atoms with Crippen molar-refractivity contribution in [1.82, 2.24) is 14.8 Å². The number of amides is 1. The first-order chi connectivity index (χ1) is 15.4. The summed E-state index contributed by atoms with van der Waals surface area (Å²) < 4.78 is 38.7. The quantitative estimate of drug-likeness (QED) is 0.701. The lowest BCUT2D eigenvalue weighted by Crippen LogP contribution is -2.47. The first kappa shape index (κ1) is 22.8. The average Bonchev–Trinajstić information content (AvgIpc) is 3.43. The van der Waals surface area contributed by atoms with Gasteiger partial charge in [-0.1, -0.05) is 24.9 Å². The molecule has 1 saturated heterocycles. The van der Waals surface area contributed by atoms with E-state index in [4.69, 9.17) is 8.94 Å². The number of hydrogen-bond acceptors (Lipinski definition) is 6. The molecule has 1 aliphatic carbocycles. The zero-order valence-electron chi connectivity index (χ0n) is 18.6. The Bertz CT molecular complexity index is 1050. The second kappa shape index (κ2) is 9.62. The van der Waals surface area contributed by atoms with Gasteiger partial charge in [0.2, 0.25) is 15.9 Å². The van der Waals surface area contributed by atoms with Gasteiger partial charge >= 0.3 is 0 Å². The summed E-state index contributed by atoms with van der Waals surface area (Å²) in [5.74, 6) is 1.16. The van der Waals surface area contributed by atoms with Crippen molar-refractivity contribution in [3.63, 3.8) is 0 Å². The highest BCUT2D eigenvalue weighted by Crippen LogP contribution is 2.30. The summed E-state index contributed by atoms with van der Waals surface area (Å²) in [4.78, 5) is 12.8. The largest absolute Gasteiger partial charge is 0.465 e. The van der Waals surface area contributed by atoms with Crippen molar-refractivity contribution in [3.8, 4) is 0 Å². The standard InChI is InChI=1S/C23H31N3O5S/c1-16-6-3-4-8-20(16)24-23(27)18-11-13-26(14-12-18)32(28,29)22-17(2)25-31-21(22)10-9-19-7-5-15-30-19/h5,7,9-10,15-16,18,20H,3-4,6,8,11-14H2,1-2H3,(H,24,27). The summed E-state index contributed by atoms with van der Waals surface area (Å²) in [6.45, 7) is 4.41. The van der Waals surface area contributed by atoms with Crippen LogP contribution in [0.4, 0.5) is 0 Å². The summed E-state index contributed by atoms with van der Waals surface area (Å²) in [5.41, 5.74) is 0.315. The molecule has 8 nitrogen and oxygen atoms in total. The van der Waals surface area contributed by atoms with Gasteiger partial charge in [-0.05, 0) is 62.8 Å². The summed E-state index contributed by atoms with van der Waals surface area (Å²) in [5, 5.41) is 7.08. The van der Waals surface area contributed by atoms with E-state index in [1.165, 1.54) is 17.0 Å². The normalized spacial score (nSPS) is 23.6. The maximum Gasteiger partial charge on any atom is 0.248 e. The zero-order valence-corrected chi connectivity index (χ0v) is 19.4. The van der Waals surface area contributed by atoms with Crippen LogP contribution in [0, 0.1) is 18.8 Å². The molecule has 9 heteroatoms. The van der Waals surface area contributed by atoms with Gasteiger partial charge in [-0.25, -0.2) is 8.42 Å². The van der Waals surface area contributed by atoms with E-state index in [1.54, 1.807) is 31.2 Å². The number of carbonyl (C=O) groups excluding carboxylic acids is 1. The van der Waals surface area contributed by atoms with E-state index < -0.39 is 10.0 Å². The molecular weight excluding hydrogens is 430 g/mol. The van der Waals surface area contributed by atoms with Gasteiger partial charge in [-0.15, -0.1) is 0 Å². The Balaban J connectivity index is 1.41. The monoisotopic (exact) mass is 461 g/mol. The van der Waals surface area contributed by atoms with Gasteiger partial charge in [0.15, 0.2) is 10.7 Å². The first-order valence-corrected chi connectivity index (χ1v) is 12.8. The fourth-order valence-corrected chi connectivity index (χ4v) is 6.38. The summed E-state index contributed by atoms with van der Waals surface area (Å²) in [6.07, 6.45) is 10.3. The third-order valence-electron chi connectivity index (χ3n) is 6.64. The number of furan rings is 1. The number of nitrogens with zero attached hydrogens (tertiary/aromatic N) is 2. The lowest BCUT2D eigenvalue weighted by atomic mass is 9.85. The number of carbonyl (C=O) groups is 1. The van der Waals surface area contributed by atoms with Gasteiger partial charge in [-0.3, -0.25) is 4.79 Å². The Hall–Kier alpha value is -2.39. The maximum atomic E-state index is 13.4. The second-order valence-electron chi connectivity index (χ2n) is 8.87. The topological polar surface area (TPSA) is 106 Å². The van der Waals surface area contributed by atoms with Crippen LogP contribution >= 0.6 is 0 Å². The smallest absolute Gasteiger partial charge is 0.248 e. The molecule has 1 saturated carbocycles. The Morgan fingerprint density at radius 1 is 1.19 bits per heavy atom. The number of hydrogen-bond donors (Lipinski definition) is 1. The van der Waals surface area contributed by atoms with Crippen LogP contribution in [0.1, 0.15) is 62.7 Å². The van der Waals surface area contributed by atoms with E-state index in [0.29, 0.717) is 43.3 Å². The molecule has 1 N–H and O–H groups in total. The van der Waals surface area contributed by atoms with Crippen LogP contribution in [-0.2, 0) is 14.8 Å². The molecule has 0 spiro atoms. The molecule has 0 bridgehead atoms. The Kier molecular flexibility index (Phi) is 6.85. The van der Waals surface area contributed by atoms with Crippen LogP contribution < -0.4 is 5.32 Å². The lowest BCUT2D eigenvalue weighted by molar-refractivity contribution is -0.127. The van der Waals surface area contributed by atoms with Crippen molar-refractivity contribution in [2.45, 2.75) is 63.3 Å². The van der Waals surface area contributed by atoms with Gasteiger partial charge in [0.25, 0.3) is 0 Å². The molecule has 174 valence electrons. The van der Waals surface area contributed by atoms with E-state index in [2.05, 4.69) is 17.4 Å². The molecule has 0 aromatic carbocycles. The van der Waals surface area contributed by atoms with Crippen LogP contribution in [0.25, 0.3) is 12.2 Å². The van der Waals surface area contributed by atoms with Crippen LogP contribution in [0.2, 0.25) is 0 Å². The van der Waals surface area contributed by atoms with Crippen molar-refractivity contribution < 1.29 is 22.2 Å². The number of aryl methyl sites for hydroxylation is 1. The highest BCUT2D eigenvalue weighted by Gasteiger charge is 2.36. The van der Waals surface area contributed by atoms with Crippen molar-refractivity contribution in [2.75, 3.05) is 13.1 Å². The summed E-state index contributed by atoms with van der Waals surface area (Å²) in [7, 11) is -3.79. The SMILES string of the molecule is Cc1noc(C=Cc2ccco2)c1S(=O)(=O)N1CCC(C(=O)NC2CCCCC2C)CC1. The third-order valence-corrected chi connectivity index (χ3v) is 8.69. The molecule has 2 aromatic rings. The Morgan fingerprint density at radius 2 is 1.94 bits per heavy atom. The van der Waals surface area contributed by atoms with E-state index in [0.717, 1.165) is 19.3 Å². The van der Waals surface area contributed by atoms with Crippen LogP contribution in [0.5, 0.6) is 0 Å².